The Labute approximate surface area is 346 Å². The number of nitrogens with one attached hydrogen (secondary N) is 2. The van der Waals surface area contributed by atoms with Gasteiger partial charge >= 0.3 is 11.9 Å². The van der Waals surface area contributed by atoms with Gasteiger partial charge in [0, 0.05) is 12.8 Å². The quantitative estimate of drug-likeness (QED) is 0.0276. The van der Waals surface area contributed by atoms with Gasteiger partial charge in [0.05, 0.1) is 13.2 Å². The smallest absolute Gasteiger partial charge is 0.328 e. The maximum absolute atomic E-state index is 12.8. The highest BCUT2D eigenvalue weighted by atomic mass is 16.5. The van der Waals surface area contributed by atoms with Gasteiger partial charge in [0.1, 0.15) is 12.1 Å². The highest BCUT2D eigenvalue weighted by Crippen LogP contribution is 2.14. The molecule has 0 aromatic carbocycles. The standard InChI is InChI=1S/C48H80N2O7/c1-3-5-7-9-11-13-15-17-19-20-21-22-24-26-28-30-32-34-40-47(54)57-43(37-33-31-29-27-25-23-18-16-14-12-10-8-6-4-2)38-35-36-39-45(52)49-41-46(53)50-44(42-51)48(55)56/h6,8,12,14,18-20,23,27,29,33,37,43-44,51H,3-5,7,9-11,13,15-17,21-22,24-26,28,30-32,34-36,38-42H2,1-2H3,(H,49,52)(H,50,53)(H,55,56)/b8-6-,14-12-,20-19-,23-18-,29-27-,37-33-. The van der Waals surface area contributed by atoms with Crippen LogP contribution in [0.2, 0.25) is 0 Å². The first kappa shape index (κ1) is 53.3. The van der Waals surface area contributed by atoms with E-state index in [1.807, 2.05) is 12.2 Å². The maximum atomic E-state index is 12.8. The maximum Gasteiger partial charge on any atom is 0.328 e. The number of carbonyl (C=O) groups excluding carboxylic acids is 3. The highest BCUT2D eigenvalue weighted by Gasteiger charge is 2.19. The molecule has 9 heteroatoms. The van der Waals surface area contributed by atoms with E-state index >= 15 is 0 Å². The monoisotopic (exact) mass is 797 g/mol. The van der Waals surface area contributed by atoms with Crippen molar-refractivity contribution in [3.05, 3.63) is 72.9 Å². The molecule has 9 nitrogen and oxygen atoms in total. The van der Waals surface area contributed by atoms with Gasteiger partial charge in [-0.2, -0.15) is 0 Å². The Morgan fingerprint density at radius 3 is 1.58 bits per heavy atom. The second-order valence-corrected chi connectivity index (χ2v) is 14.8. The van der Waals surface area contributed by atoms with Crippen LogP contribution in [0.5, 0.6) is 0 Å². The summed E-state index contributed by atoms with van der Waals surface area (Å²) in [5, 5.41) is 22.6. The first-order valence-corrected chi connectivity index (χ1v) is 22.3. The van der Waals surface area contributed by atoms with Crippen molar-refractivity contribution in [1.29, 1.82) is 0 Å². The summed E-state index contributed by atoms with van der Waals surface area (Å²) < 4.78 is 5.85. The number of aliphatic carboxylic acids is 1. The third-order valence-electron chi connectivity index (χ3n) is 9.42. The number of amides is 2. The van der Waals surface area contributed by atoms with Crippen molar-refractivity contribution < 1.29 is 34.1 Å². The Hall–Kier alpha value is -3.72. The molecule has 0 aliphatic heterocycles. The number of allylic oxidation sites excluding steroid dienone is 11. The predicted molar refractivity (Wildman–Crippen MR) is 236 cm³/mol. The van der Waals surface area contributed by atoms with Crippen molar-refractivity contribution in [3.8, 4) is 0 Å². The summed E-state index contributed by atoms with van der Waals surface area (Å²) >= 11 is 0. The lowest BCUT2D eigenvalue weighted by atomic mass is 10.1. The van der Waals surface area contributed by atoms with E-state index in [0.717, 1.165) is 51.4 Å². The molecule has 0 heterocycles. The summed E-state index contributed by atoms with van der Waals surface area (Å²) in [5.41, 5.74) is 0. The average Bonchev–Trinajstić information content (AvgIpc) is 3.20. The van der Waals surface area contributed by atoms with Crippen LogP contribution in [-0.4, -0.2) is 59.3 Å². The largest absolute Gasteiger partial charge is 0.480 e. The highest BCUT2D eigenvalue weighted by molar-refractivity contribution is 5.87. The summed E-state index contributed by atoms with van der Waals surface area (Å²) in [6.45, 7) is 3.28. The van der Waals surface area contributed by atoms with E-state index in [1.165, 1.54) is 83.5 Å². The van der Waals surface area contributed by atoms with E-state index in [4.69, 9.17) is 14.9 Å². The molecule has 0 saturated carbocycles. The molecule has 0 saturated heterocycles. The summed E-state index contributed by atoms with van der Waals surface area (Å²) in [5.74, 6) is -2.58. The predicted octanol–water partition coefficient (Wildman–Crippen LogP) is 11.1. The first-order chi connectivity index (χ1) is 27.8. The van der Waals surface area contributed by atoms with Crippen LogP contribution >= 0.6 is 0 Å². The van der Waals surface area contributed by atoms with Crippen LogP contribution in [0.25, 0.3) is 0 Å². The van der Waals surface area contributed by atoms with Crippen LogP contribution < -0.4 is 10.6 Å². The lowest BCUT2D eigenvalue weighted by Crippen LogP contribution is -2.47. The van der Waals surface area contributed by atoms with Crippen LogP contribution in [0, 0.1) is 0 Å². The molecule has 2 amide bonds. The topological polar surface area (TPSA) is 142 Å². The lowest BCUT2D eigenvalue weighted by molar-refractivity contribution is -0.147. The van der Waals surface area contributed by atoms with Crippen molar-refractivity contribution >= 4 is 23.8 Å². The molecule has 0 aliphatic carbocycles. The van der Waals surface area contributed by atoms with Crippen molar-refractivity contribution in [2.75, 3.05) is 13.2 Å². The van der Waals surface area contributed by atoms with Gasteiger partial charge in [0.15, 0.2) is 0 Å². The summed E-state index contributed by atoms with van der Waals surface area (Å²) in [4.78, 5) is 47.9. The molecular weight excluding hydrogens is 717 g/mol. The van der Waals surface area contributed by atoms with Gasteiger partial charge in [-0.1, -0.05) is 151 Å². The number of carboxylic acids is 1. The number of ether oxygens (including phenoxy) is 1. The number of unbranched alkanes of at least 4 members (excludes halogenated alkanes) is 15. The molecule has 2 unspecified atom stereocenters. The number of hydrogen-bond acceptors (Lipinski definition) is 6. The van der Waals surface area contributed by atoms with E-state index in [9.17, 15) is 19.2 Å². The fraction of sp³-hybridized carbons (Fsp3) is 0.667. The van der Waals surface area contributed by atoms with E-state index in [-0.39, 0.29) is 30.9 Å². The summed E-state index contributed by atoms with van der Waals surface area (Å²) in [7, 11) is 0. The number of aliphatic hydroxyl groups excluding tert-OH is 1. The molecule has 4 N–H and O–H groups in total. The molecule has 0 aromatic rings. The molecule has 57 heavy (non-hydrogen) atoms. The van der Waals surface area contributed by atoms with Crippen LogP contribution in [0.1, 0.15) is 181 Å². The minimum absolute atomic E-state index is 0.179. The SMILES string of the molecule is CC/C=C\C/C=C\C/C=C\C/C=C\C/C=C\C(CCCCC(=O)NCC(=O)NC(CO)C(=O)O)OC(=O)CCCCCCCCC/C=C\CCCCCCCCC. The van der Waals surface area contributed by atoms with Gasteiger partial charge in [0.2, 0.25) is 11.8 Å². The fourth-order valence-electron chi connectivity index (χ4n) is 6.01. The summed E-state index contributed by atoms with van der Waals surface area (Å²) in [6, 6.07) is -1.41. The van der Waals surface area contributed by atoms with Crippen molar-refractivity contribution in [3.63, 3.8) is 0 Å². The molecule has 2 atom stereocenters. The molecular formula is C48H80N2O7. The Morgan fingerprint density at radius 1 is 0.561 bits per heavy atom. The molecule has 0 rings (SSSR count). The van der Waals surface area contributed by atoms with E-state index < -0.39 is 24.5 Å². The van der Waals surface area contributed by atoms with Crippen LogP contribution in [0.15, 0.2) is 72.9 Å². The molecule has 0 radical (unpaired) electrons. The van der Waals surface area contributed by atoms with Gasteiger partial charge in [-0.05, 0) is 89.5 Å². The third-order valence-corrected chi connectivity index (χ3v) is 9.42. The Balaban J connectivity index is 4.50. The zero-order chi connectivity index (χ0) is 41.9. The second kappa shape index (κ2) is 41.9. The molecule has 324 valence electrons. The Bertz CT molecular complexity index is 1190. The van der Waals surface area contributed by atoms with E-state index in [2.05, 4.69) is 85.2 Å². The minimum Gasteiger partial charge on any atom is -0.480 e. The number of carboxylic acid groups (broad SMARTS) is 1. The van der Waals surface area contributed by atoms with Crippen molar-refractivity contribution in [1.82, 2.24) is 10.6 Å². The molecule has 0 bridgehead atoms. The zero-order valence-corrected chi connectivity index (χ0v) is 35.8. The zero-order valence-electron chi connectivity index (χ0n) is 35.8. The number of aliphatic hydroxyl groups is 1. The van der Waals surface area contributed by atoms with E-state index in [1.54, 1.807) is 0 Å². The number of carbonyl (C=O) groups is 4. The fourth-order valence-corrected chi connectivity index (χ4v) is 6.01. The van der Waals surface area contributed by atoms with Gasteiger partial charge < -0.3 is 25.6 Å². The lowest BCUT2D eigenvalue weighted by Gasteiger charge is -2.15. The third kappa shape index (κ3) is 38.9. The first-order valence-electron chi connectivity index (χ1n) is 22.3. The van der Waals surface area contributed by atoms with E-state index in [0.29, 0.717) is 25.7 Å². The summed E-state index contributed by atoms with van der Waals surface area (Å²) in [6.07, 6.45) is 52.2. The molecule has 0 aliphatic rings. The van der Waals surface area contributed by atoms with Crippen LogP contribution in [0.3, 0.4) is 0 Å². The van der Waals surface area contributed by atoms with Gasteiger partial charge in [0.25, 0.3) is 0 Å². The second-order valence-electron chi connectivity index (χ2n) is 14.8. The van der Waals surface area contributed by atoms with Gasteiger partial charge in [-0.15, -0.1) is 0 Å². The molecule has 0 aromatic heterocycles. The van der Waals surface area contributed by atoms with Crippen LogP contribution in [0.4, 0.5) is 0 Å². The molecule has 0 fully saturated rings. The normalized spacial score (nSPS) is 13.2. The van der Waals surface area contributed by atoms with Gasteiger partial charge in [-0.3, -0.25) is 14.4 Å². The van der Waals surface area contributed by atoms with Gasteiger partial charge in [-0.25, -0.2) is 4.79 Å². The van der Waals surface area contributed by atoms with Crippen LogP contribution in [-0.2, 0) is 23.9 Å². The Kier molecular flexibility index (Phi) is 39.2. The molecule has 0 spiro atoms. The number of esters is 1. The number of rotatable bonds is 39. The van der Waals surface area contributed by atoms with Crippen molar-refractivity contribution in [2.45, 2.75) is 193 Å². The van der Waals surface area contributed by atoms with Crippen molar-refractivity contribution in [2.24, 2.45) is 0 Å². The average molecular weight is 797 g/mol. The Morgan fingerprint density at radius 2 is 1.05 bits per heavy atom. The number of hydrogen-bond donors (Lipinski definition) is 4. The minimum atomic E-state index is -1.41.